The third kappa shape index (κ3) is 13.9. The molecule has 239 valence electrons. The number of nitrogens with one attached hydrogen (secondary N) is 2. The Bertz CT molecular complexity index is 1740. The normalized spacial score (nSPS) is 10.6. The van der Waals surface area contributed by atoms with Crippen LogP contribution in [0.25, 0.3) is 0 Å². The van der Waals surface area contributed by atoms with Crippen molar-refractivity contribution < 1.29 is 60.4 Å². The molecule has 0 aliphatic heterocycles. The van der Waals surface area contributed by atoms with Gasteiger partial charge < -0.3 is 15.7 Å². The van der Waals surface area contributed by atoms with Crippen molar-refractivity contribution in [3.63, 3.8) is 0 Å². The molecule has 0 atom stereocenters. The van der Waals surface area contributed by atoms with Crippen molar-refractivity contribution in [3.8, 4) is 5.88 Å². The number of hydrogen-bond acceptors (Lipinski definition) is 14. The summed E-state index contributed by atoms with van der Waals surface area (Å²) in [6, 6.07) is 16.5. The number of halogens is 1. The fourth-order valence-electron chi connectivity index (χ4n) is 3.34. The van der Waals surface area contributed by atoms with Crippen LogP contribution in [-0.2, 0) is 53.7 Å². The van der Waals surface area contributed by atoms with Gasteiger partial charge in [0.15, 0.2) is 11.6 Å². The molecular formula is C26H31ClN8O7S2Y. The molecule has 0 spiro atoms. The van der Waals surface area contributed by atoms with E-state index in [2.05, 4.69) is 40.1 Å². The number of anilines is 4. The van der Waals surface area contributed by atoms with E-state index < -0.39 is 15.7 Å². The summed E-state index contributed by atoms with van der Waals surface area (Å²) in [6.07, 6.45) is 2.34. The third-order valence-electron chi connectivity index (χ3n) is 5.35. The molecule has 1 radical (unpaired) electrons. The monoisotopic (exact) mass is 755 g/mol. The van der Waals surface area contributed by atoms with Crippen molar-refractivity contribution >= 4 is 68.4 Å². The van der Waals surface area contributed by atoms with Gasteiger partial charge in [0, 0.05) is 74.5 Å². The Balaban J connectivity index is 0.000000894. The first kappa shape index (κ1) is 40.0. The molecule has 19 heteroatoms. The zero-order chi connectivity index (χ0) is 32.9. The van der Waals surface area contributed by atoms with Crippen LogP contribution in [0.2, 0.25) is 5.28 Å². The molecule has 0 aliphatic carbocycles. The van der Waals surface area contributed by atoms with Crippen LogP contribution >= 0.6 is 23.6 Å². The van der Waals surface area contributed by atoms with Crippen LogP contribution in [0.5, 0.6) is 5.88 Å². The van der Waals surface area contributed by atoms with Crippen LogP contribution in [0.3, 0.4) is 0 Å². The molecule has 0 unspecified atom stereocenters. The Morgan fingerprint density at radius 2 is 1.51 bits per heavy atom. The molecule has 2 aromatic heterocycles. The minimum atomic E-state index is -3.67. The van der Waals surface area contributed by atoms with Crippen molar-refractivity contribution in [3.05, 3.63) is 81.4 Å². The van der Waals surface area contributed by atoms with Crippen molar-refractivity contribution in [1.29, 1.82) is 0 Å². The average molecular weight is 756 g/mol. The molecule has 15 nitrogen and oxygen atoms in total. The zero-order valence-electron chi connectivity index (χ0n) is 24.8. The van der Waals surface area contributed by atoms with Gasteiger partial charge in [-0.05, 0) is 68.3 Å². The molecule has 4 aromatic rings. The third-order valence-corrected chi connectivity index (χ3v) is 5.67. The largest absolute Gasteiger partial charge is 0.494 e. The Morgan fingerprint density at radius 1 is 0.978 bits per heavy atom. The Morgan fingerprint density at radius 3 is 2.04 bits per heavy atom. The van der Waals surface area contributed by atoms with E-state index in [-0.39, 0.29) is 55.5 Å². The summed E-state index contributed by atoms with van der Waals surface area (Å²) < 4.78 is 30.6. The summed E-state index contributed by atoms with van der Waals surface area (Å²) in [4.78, 5) is 25.3. The summed E-state index contributed by atoms with van der Waals surface area (Å²) in [5.74, 6) is 0.477. The molecule has 0 aliphatic rings. The van der Waals surface area contributed by atoms with Gasteiger partial charge in [0.2, 0.25) is 17.2 Å². The van der Waals surface area contributed by atoms with Gasteiger partial charge in [-0.3, -0.25) is 13.9 Å². The van der Waals surface area contributed by atoms with E-state index in [0.29, 0.717) is 41.3 Å². The minimum Gasteiger partial charge on any atom is -0.494 e. The van der Waals surface area contributed by atoms with Crippen molar-refractivity contribution in [2.24, 2.45) is 10.2 Å². The second kappa shape index (κ2) is 19.5. The Labute approximate surface area is 294 Å². The molecule has 0 bridgehead atoms. The maximum absolute atomic E-state index is 12.7. The summed E-state index contributed by atoms with van der Waals surface area (Å²) >= 11 is 7.00. The zero-order valence-corrected chi connectivity index (χ0v) is 30.1. The van der Waals surface area contributed by atoms with Gasteiger partial charge in [-0.15, -0.1) is 5.11 Å². The predicted octanol–water partition coefficient (Wildman–Crippen LogP) is 6.19. The minimum absolute atomic E-state index is 0. The van der Waals surface area contributed by atoms with Crippen LogP contribution in [0.4, 0.5) is 34.6 Å². The Kier molecular flexibility index (Phi) is 17.3. The van der Waals surface area contributed by atoms with Crippen molar-refractivity contribution in [1.82, 2.24) is 19.5 Å². The number of nitrogens with zero attached hydrogens (tertiary/aromatic N) is 6. The second-order valence-corrected chi connectivity index (χ2v) is 10.9. The van der Waals surface area contributed by atoms with Crippen molar-refractivity contribution in [2.45, 2.75) is 27.3 Å². The number of hydrogen-bond donors (Lipinski definition) is 5. The van der Waals surface area contributed by atoms with E-state index in [1.165, 1.54) is 4.57 Å². The standard InChI is InChI=1S/C24H23ClN8O2.CH4O3S.CH4O2S.Y/c1-4-33-20(34)15(3)14(2)19(21(33)35)32-31-18-12-8-11-17(13-18)27-24-29-22(25)28-23(30-24)26-16-9-6-5-7-10-16;1-5(2,3)4;1-4-3-2;/h5-13,34H,4H2,1-3H3,(H2,26,27,28,29,30);1H3,(H,2,3,4);2H,1H3;. The van der Waals surface area contributed by atoms with E-state index in [9.17, 15) is 18.3 Å². The number of rotatable bonds is 8. The summed E-state index contributed by atoms with van der Waals surface area (Å²) in [5.41, 5.74) is 2.90. The number of aromatic nitrogens is 4. The van der Waals surface area contributed by atoms with Crippen LogP contribution < -0.4 is 16.2 Å². The predicted molar refractivity (Wildman–Crippen MR) is 171 cm³/mol. The van der Waals surface area contributed by atoms with Gasteiger partial charge in [-0.25, -0.2) is 5.26 Å². The van der Waals surface area contributed by atoms with Gasteiger partial charge in [-0.2, -0.15) is 32.8 Å². The number of para-hydroxylation sites is 1. The van der Waals surface area contributed by atoms with Gasteiger partial charge in [0.05, 0.1) is 11.9 Å². The average Bonchev–Trinajstić information content (AvgIpc) is 2.96. The molecular weight excluding hydrogens is 725 g/mol. The Hall–Kier alpha value is -3.03. The molecule has 5 N–H and O–H groups in total. The number of azo groups is 1. The molecule has 45 heavy (non-hydrogen) atoms. The summed E-state index contributed by atoms with van der Waals surface area (Å²) in [5, 5.41) is 32.2. The quantitative estimate of drug-likeness (QED) is 0.0447. The molecule has 2 aromatic carbocycles. The second-order valence-electron chi connectivity index (χ2n) is 8.56. The molecule has 4 rings (SSSR count). The first-order chi connectivity index (χ1) is 20.8. The molecule has 0 saturated heterocycles. The van der Waals surface area contributed by atoms with Crippen LogP contribution in [0, 0.1) is 13.8 Å². The van der Waals surface area contributed by atoms with E-state index >= 15 is 0 Å². The topological polar surface area (TPSA) is 214 Å². The SMILES string of the molecule is CCn1c(O)c(C)c(C)c(N=Nc2cccc(Nc3nc(Cl)nc(Nc4ccccc4)n3)c2)c1=O.CS(=O)(=O)O.CSOO.[Y]. The number of aromatic hydroxyl groups is 1. The first-order valence-electron chi connectivity index (χ1n) is 12.5. The van der Waals surface area contributed by atoms with Gasteiger partial charge in [0.25, 0.3) is 15.7 Å². The summed E-state index contributed by atoms with van der Waals surface area (Å²) in [6.45, 7) is 5.57. The molecule has 0 amide bonds. The first-order valence-corrected chi connectivity index (χ1v) is 15.9. The molecule has 0 fully saturated rings. The van der Waals surface area contributed by atoms with Gasteiger partial charge in [-0.1, -0.05) is 24.3 Å². The van der Waals surface area contributed by atoms with E-state index in [0.717, 1.165) is 17.7 Å². The molecule has 2 heterocycles. The van der Waals surface area contributed by atoms with E-state index in [1.54, 1.807) is 51.3 Å². The van der Waals surface area contributed by atoms with Crippen LogP contribution in [0.1, 0.15) is 18.1 Å². The number of benzene rings is 2. The van der Waals surface area contributed by atoms with Crippen LogP contribution in [-0.4, -0.2) is 55.4 Å². The maximum Gasteiger partial charge on any atom is 0.281 e. The summed E-state index contributed by atoms with van der Waals surface area (Å²) in [7, 11) is -3.67. The van der Waals surface area contributed by atoms with Crippen LogP contribution in [0.15, 0.2) is 69.6 Å². The molecule has 0 saturated carbocycles. The van der Waals surface area contributed by atoms with Gasteiger partial charge >= 0.3 is 0 Å². The fraction of sp³-hybridized carbons (Fsp3) is 0.231. The maximum atomic E-state index is 12.7. The smallest absolute Gasteiger partial charge is 0.281 e. The number of pyridine rings is 1. The van der Waals surface area contributed by atoms with Gasteiger partial charge in [0.1, 0.15) is 0 Å². The fourth-order valence-corrected chi connectivity index (χ4v) is 3.50. The van der Waals surface area contributed by atoms with E-state index in [4.69, 9.17) is 21.4 Å². The van der Waals surface area contributed by atoms with E-state index in [1.807, 2.05) is 30.3 Å². The van der Waals surface area contributed by atoms with Crippen molar-refractivity contribution in [2.75, 3.05) is 23.1 Å².